The summed E-state index contributed by atoms with van der Waals surface area (Å²) < 4.78 is 16.8. The smallest absolute Gasteiger partial charge is 0.306 e. The second kappa shape index (κ2) is 49.1. The van der Waals surface area contributed by atoms with Gasteiger partial charge in [-0.2, -0.15) is 0 Å². The quantitative estimate of drug-likeness (QED) is 0.0345. The molecule has 6 heteroatoms. The highest BCUT2D eigenvalue weighted by Gasteiger charge is 2.19. The molecule has 0 fully saturated rings. The highest BCUT2D eigenvalue weighted by atomic mass is 16.6. The van der Waals surface area contributed by atoms with Crippen LogP contribution in [0.2, 0.25) is 0 Å². The van der Waals surface area contributed by atoms with E-state index in [1.165, 1.54) is 205 Å². The minimum absolute atomic E-state index is 0.0618. The van der Waals surface area contributed by atoms with Crippen molar-refractivity contribution in [3.05, 3.63) is 0 Å². The zero-order chi connectivity index (χ0) is 43.0. The molecule has 0 amide bonds. The minimum Gasteiger partial charge on any atom is -0.462 e. The molecular weight excluding hydrogens is 733 g/mol. The summed E-state index contributed by atoms with van der Waals surface area (Å²) in [5, 5.41) is 0. The van der Waals surface area contributed by atoms with E-state index in [4.69, 9.17) is 14.2 Å². The Labute approximate surface area is 368 Å². The van der Waals surface area contributed by atoms with E-state index in [0.717, 1.165) is 57.8 Å². The van der Waals surface area contributed by atoms with Gasteiger partial charge in [0.1, 0.15) is 13.2 Å². The number of hydrogen-bond donors (Lipinski definition) is 0. The first kappa shape index (κ1) is 57.4. The van der Waals surface area contributed by atoms with Gasteiger partial charge in [-0.25, -0.2) is 0 Å². The van der Waals surface area contributed by atoms with Crippen molar-refractivity contribution in [3.8, 4) is 0 Å². The summed E-state index contributed by atoms with van der Waals surface area (Å²) in [4.78, 5) is 37.9. The molecule has 0 bridgehead atoms. The maximum absolute atomic E-state index is 12.7. The van der Waals surface area contributed by atoms with Crippen molar-refractivity contribution in [2.45, 2.75) is 309 Å². The van der Waals surface area contributed by atoms with Crippen molar-refractivity contribution in [3.63, 3.8) is 0 Å². The summed E-state index contributed by atoms with van der Waals surface area (Å²) in [6.07, 6.45) is 52.3. The summed E-state index contributed by atoms with van der Waals surface area (Å²) in [5.41, 5.74) is 0. The molecule has 0 heterocycles. The molecule has 0 aliphatic heterocycles. The Morgan fingerprint density at radius 3 is 0.678 bits per heavy atom. The Morgan fingerprint density at radius 1 is 0.271 bits per heavy atom. The Morgan fingerprint density at radius 2 is 0.458 bits per heavy atom. The Kier molecular flexibility index (Phi) is 47.7. The van der Waals surface area contributed by atoms with E-state index >= 15 is 0 Å². The summed E-state index contributed by atoms with van der Waals surface area (Å²) in [5.74, 6) is -0.841. The molecular formula is C53H102O6. The predicted molar refractivity (Wildman–Crippen MR) is 252 cm³/mol. The molecule has 59 heavy (non-hydrogen) atoms. The zero-order valence-corrected chi connectivity index (χ0v) is 40.1. The lowest BCUT2D eigenvalue weighted by atomic mass is 10.0. The first-order chi connectivity index (χ1) is 29.0. The van der Waals surface area contributed by atoms with Crippen LogP contribution in [0.4, 0.5) is 0 Å². The van der Waals surface area contributed by atoms with Crippen molar-refractivity contribution in [1.82, 2.24) is 0 Å². The number of esters is 3. The first-order valence-electron chi connectivity index (χ1n) is 26.5. The Hall–Kier alpha value is -1.59. The van der Waals surface area contributed by atoms with Crippen LogP contribution in [0.3, 0.4) is 0 Å². The van der Waals surface area contributed by atoms with Crippen molar-refractivity contribution < 1.29 is 28.6 Å². The average molecular weight is 835 g/mol. The summed E-state index contributed by atoms with van der Waals surface area (Å²) in [6.45, 7) is 6.68. The molecule has 0 aromatic rings. The van der Waals surface area contributed by atoms with E-state index in [0.29, 0.717) is 19.3 Å². The van der Waals surface area contributed by atoms with Crippen LogP contribution in [0, 0.1) is 0 Å². The fraction of sp³-hybridized carbons (Fsp3) is 0.943. The topological polar surface area (TPSA) is 78.9 Å². The number of unbranched alkanes of at least 4 members (excludes halogenated alkanes) is 38. The summed E-state index contributed by atoms with van der Waals surface area (Å²) in [6, 6.07) is 0. The number of carbonyl (C=O) groups is 3. The fourth-order valence-electron chi connectivity index (χ4n) is 8.09. The van der Waals surface area contributed by atoms with Crippen molar-refractivity contribution in [2.24, 2.45) is 0 Å². The molecule has 0 aromatic carbocycles. The van der Waals surface area contributed by atoms with Gasteiger partial charge in [0, 0.05) is 19.3 Å². The molecule has 0 unspecified atom stereocenters. The van der Waals surface area contributed by atoms with Gasteiger partial charge in [0.2, 0.25) is 0 Å². The molecule has 0 spiro atoms. The second-order valence-electron chi connectivity index (χ2n) is 18.2. The number of carbonyl (C=O) groups excluding carboxylic acids is 3. The lowest BCUT2D eigenvalue weighted by Crippen LogP contribution is -2.30. The normalized spacial score (nSPS) is 11.8. The average Bonchev–Trinajstić information content (AvgIpc) is 3.23. The van der Waals surface area contributed by atoms with E-state index in [2.05, 4.69) is 20.8 Å². The lowest BCUT2D eigenvalue weighted by Gasteiger charge is -2.18. The molecule has 0 aliphatic rings. The van der Waals surface area contributed by atoms with Crippen LogP contribution in [-0.2, 0) is 28.6 Å². The van der Waals surface area contributed by atoms with Gasteiger partial charge in [0.25, 0.3) is 0 Å². The van der Waals surface area contributed by atoms with Crippen molar-refractivity contribution >= 4 is 17.9 Å². The number of rotatable bonds is 49. The van der Waals surface area contributed by atoms with E-state index < -0.39 is 6.10 Å². The third-order valence-corrected chi connectivity index (χ3v) is 12.1. The molecule has 0 aliphatic carbocycles. The van der Waals surface area contributed by atoms with Gasteiger partial charge in [0.15, 0.2) is 6.10 Å². The Bertz CT molecular complexity index is 874. The second-order valence-corrected chi connectivity index (χ2v) is 18.2. The molecule has 6 nitrogen and oxygen atoms in total. The van der Waals surface area contributed by atoms with Gasteiger partial charge in [-0.05, 0) is 19.3 Å². The highest BCUT2D eigenvalue weighted by molar-refractivity contribution is 5.71. The SMILES string of the molecule is CCCCCCCCCCCCCCCCCCC(=O)OC[C@H](COC(=O)CCCCCCCCCCCCCCCCC)OC(=O)CCCCCCCCCCCC. The van der Waals surface area contributed by atoms with Crippen LogP contribution < -0.4 is 0 Å². The van der Waals surface area contributed by atoms with Crippen molar-refractivity contribution in [1.29, 1.82) is 0 Å². The van der Waals surface area contributed by atoms with Gasteiger partial charge in [-0.15, -0.1) is 0 Å². The molecule has 0 saturated heterocycles. The van der Waals surface area contributed by atoms with Crippen LogP contribution in [0.15, 0.2) is 0 Å². The van der Waals surface area contributed by atoms with Gasteiger partial charge in [0.05, 0.1) is 0 Å². The number of ether oxygens (including phenoxy) is 3. The van der Waals surface area contributed by atoms with Gasteiger partial charge >= 0.3 is 17.9 Å². The lowest BCUT2D eigenvalue weighted by molar-refractivity contribution is -0.167. The maximum atomic E-state index is 12.7. The third-order valence-electron chi connectivity index (χ3n) is 12.1. The van der Waals surface area contributed by atoms with Gasteiger partial charge in [-0.1, -0.05) is 265 Å². The molecule has 0 rings (SSSR count). The molecule has 350 valence electrons. The predicted octanol–water partition coefficient (Wildman–Crippen LogP) is 17.2. The minimum atomic E-state index is -0.759. The zero-order valence-electron chi connectivity index (χ0n) is 40.1. The largest absolute Gasteiger partial charge is 0.462 e. The van der Waals surface area contributed by atoms with Crippen LogP contribution in [0.25, 0.3) is 0 Å². The molecule has 1 atom stereocenters. The molecule has 0 aromatic heterocycles. The number of hydrogen-bond acceptors (Lipinski definition) is 6. The van der Waals surface area contributed by atoms with E-state index in [1.807, 2.05) is 0 Å². The van der Waals surface area contributed by atoms with Crippen LogP contribution >= 0.6 is 0 Å². The molecule has 0 N–H and O–H groups in total. The molecule has 0 radical (unpaired) electrons. The van der Waals surface area contributed by atoms with Crippen LogP contribution in [0.5, 0.6) is 0 Å². The third kappa shape index (κ3) is 47.3. The van der Waals surface area contributed by atoms with E-state index in [-0.39, 0.29) is 31.1 Å². The maximum Gasteiger partial charge on any atom is 0.306 e. The highest BCUT2D eigenvalue weighted by Crippen LogP contribution is 2.17. The van der Waals surface area contributed by atoms with Gasteiger partial charge in [-0.3, -0.25) is 14.4 Å². The fourth-order valence-corrected chi connectivity index (χ4v) is 8.09. The summed E-state index contributed by atoms with van der Waals surface area (Å²) >= 11 is 0. The summed E-state index contributed by atoms with van der Waals surface area (Å²) in [7, 11) is 0. The van der Waals surface area contributed by atoms with E-state index in [1.54, 1.807) is 0 Å². The molecule has 0 saturated carbocycles. The van der Waals surface area contributed by atoms with Gasteiger partial charge < -0.3 is 14.2 Å². The van der Waals surface area contributed by atoms with E-state index in [9.17, 15) is 14.4 Å². The van der Waals surface area contributed by atoms with Crippen LogP contribution in [-0.4, -0.2) is 37.2 Å². The standard InChI is InChI=1S/C53H102O6/c1-4-7-10-13-16-19-22-24-26-28-30-32-35-37-40-43-46-52(55)58-49-50(59-53(56)47-44-41-38-33-21-18-15-12-9-6-3)48-57-51(54)45-42-39-36-34-31-29-27-25-23-20-17-14-11-8-5-2/h50H,4-49H2,1-3H3/t50-/m0/s1. The van der Waals surface area contributed by atoms with Crippen LogP contribution in [0.1, 0.15) is 303 Å². The van der Waals surface area contributed by atoms with Crippen molar-refractivity contribution in [2.75, 3.05) is 13.2 Å². The monoisotopic (exact) mass is 835 g/mol. The Balaban J connectivity index is 4.25. The first-order valence-corrected chi connectivity index (χ1v) is 26.5.